The molecular weight excluding hydrogens is 352 g/mol. The SMILES string of the molecule is COc1ccc(C)cc1Nc1cncc(C(=O)Nc2ccc(F)c(F)c2)c1. The summed E-state index contributed by atoms with van der Waals surface area (Å²) < 4.78 is 31.6. The minimum absolute atomic E-state index is 0.151. The fraction of sp³-hybridized carbons (Fsp3) is 0.100. The Morgan fingerprint density at radius 3 is 2.56 bits per heavy atom. The molecule has 1 amide bonds. The average molecular weight is 369 g/mol. The van der Waals surface area contributed by atoms with Crippen LogP contribution in [0.2, 0.25) is 0 Å². The molecule has 1 heterocycles. The Hall–Kier alpha value is -3.48. The minimum Gasteiger partial charge on any atom is -0.495 e. The number of ether oxygens (including phenoxy) is 1. The van der Waals surface area contributed by atoms with Crippen LogP contribution in [0.4, 0.5) is 25.8 Å². The molecule has 0 aliphatic rings. The molecule has 0 bridgehead atoms. The van der Waals surface area contributed by atoms with E-state index in [-0.39, 0.29) is 11.3 Å². The van der Waals surface area contributed by atoms with Gasteiger partial charge in [0.05, 0.1) is 30.2 Å². The summed E-state index contributed by atoms with van der Waals surface area (Å²) >= 11 is 0. The Kier molecular flexibility index (Phi) is 5.30. The molecule has 0 aliphatic carbocycles. The first kappa shape index (κ1) is 18.3. The van der Waals surface area contributed by atoms with Gasteiger partial charge in [0.1, 0.15) is 5.75 Å². The molecule has 0 unspecified atom stereocenters. The normalized spacial score (nSPS) is 10.4. The first-order valence-electron chi connectivity index (χ1n) is 8.09. The molecule has 1 aromatic heterocycles. The van der Waals surface area contributed by atoms with Crippen molar-refractivity contribution in [1.82, 2.24) is 4.98 Å². The van der Waals surface area contributed by atoms with Gasteiger partial charge < -0.3 is 15.4 Å². The minimum atomic E-state index is -1.03. The van der Waals surface area contributed by atoms with Crippen molar-refractivity contribution >= 4 is 23.0 Å². The number of nitrogens with zero attached hydrogens (tertiary/aromatic N) is 1. The molecule has 0 saturated heterocycles. The zero-order valence-corrected chi connectivity index (χ0v) is 14.7. The molecule has 0 radical (unpaired) electrons. The largest absolute Gasteiger partial charge is 0.495 e. The predicted octanol–water partition coefficient (Wildman–Crippen LogP) is 4.67. The predicted molar refractivity (Wildman–Crippen MR) is 99.6 cm³/mol. The third-order valence-electron chi connectivity index (χ3n) is 3.81. The molecule has 27 heavy (non-hydrogen) atoms. The van der Waals surface area contributed by atoms with Crippen molar-refractivity contribution in [3.05, 3.63) is 77.6 Å². The molecule has 0 aliphatic heterocycles. The van der Waals surface area contributed by atoms with Crippen molar-refractivity contribution in [3.8, 4) is 5.75 Å². The van der Waals surface area contributed by atoms with Crippen LogP contribution < -0.4 is 15.4 Å². The number of hydrogen-bond acceptors (Lipinski definition) is 4. The zero-order valence-electron chi connectivity index (χ0n) is 14.7. The molecular formula is C20H17F2N3O2. The second-order valence-corrected chi connectivity index (χ2v) is 5.87. The number of carbonyl (C=O) groups excluding carboxylic acids is 1. The van der Waals surface area contributed by atoms with Crippen LogP contribution in [0.15, 0.2) is 54.9 Å². The van der Waals surface area contributed by atoms with Crippen LogP contribution in [0.25, 0.3) is 0 Å². The molecule has 0 saturated carbocycles. The lowest BCUT2D eigenvalue weighted by atomic mass is 10.2. The Labute approximate surface area is 155 Å². The Morgan fingerprint density at radius 2 is 1.81 bits per heavy atom. The maximum atomic E-state index is 13.3. The van der Waals surface area contributed by atoms with Gasteiger partial charge in [0.15, 0.2) is 11.6 Å². The molecule has 2 aromatic carbocycles. The first-order chi connectivity index (χ1) is 13.0. The van der Waals surface area contributed by atoms with Crippen molar-refractivity contribution in [2.45, 2.75) is 6.92 Å². The molecule has 7 heteroatoms. The number of aromatic nitrogens is 1. The van der Waals surface area contributed by atoms with E-state index in [1.807, 2.05) is 25.1 Å². The van der Waals surface area contributed by atoms with Crippen molar-refractivity contribution < 1.29 is 18.3 Å². The summed E-state index contributed by atoms with van der Waals surface area (Å²) in [6.07, 6.45) is 2.95. The van der Waals surface area contributed by atoms with Gasteiger partial charge in [-0.25, -0.2) is 8.78 Å². The highest BCUT2D eigenvalue weighted by Crippen LogP contribution is 2.28. The molecule has 0 spiro atoms. The van der Waals surface area contributed by atoms with E-state index in [0.29, 0.717) is 11.4 Å². The lowest BCUT2D eigenvalue weighted by Gasteiger charge is -2.12. The van der Waals surface area contributed by atoms with Crippen LogP contribution in [0, 0.1) is 18.6 Å². The van der Waals surface area contributed by atoms with Gasteiger partial charge in [-0.05, 0) is 42.8 Å². The third-order valence-corrected chi connectivity index (χ3v) is 3.81. The molecule has 0 atom stereocenters. The lowest BCUT2D eigenvalue weighted by molar-refractivity contribution is 0.102. The third kappa shape index (κ3) is 4.38. The molecule has 5 nitrogen and oxygen atoms in total. The second kappa shape index (κ2) is 7.82. The summed E-state index contributed by atoms with van der Waals surface area (Å²) in [5.41, 5.74) is 2.77. The quantitative estimate of drug-likeness (QED) is 0.686. The van der Waals surface area contributed by atoms with Crippen molar-refractivity contribution in [2.75, 3.05) is 17.7 Å². The van der Waals surface area contributed by atoms with Crippen LogP contribution in [0.1, 0.15) is 15.9 Å². The first-order valence-corrected chi connectivity index (χ1v) is 8.09. The van der Waals surface area contributed by atoms with E-state index in [1.54, 1.807) is 19.4 Å². The van der Waals surface area contributed by atoms with Crippen LogP contribution >= 0.6 is 0 Å². The Morgan fingerprint density at radius 1 is 1.00 bits per heavy atom. The van der Waals surface area contributed by atoms with Crippen LogP contribution in [0.3, 0.4) is 0 Å². The van der Waals surface area contributed by atoms with E-state index in [9.17, 15) is 13.6 Å². The Bertz CT molecular complexity index is 993. The van der Waals surface area contributed by atoms with Gasteiger partial charge in [-0.1, -0.05) is 6.07 Å². The number of carbonyl (C=O) groups is 1. The number of anilines is 3. The fourth-order valence-corrected chi connectivity index (χ4v) is 2.48. The summed E-state index contributed by atoms with van der Waals surface area (Å²) in [6, 6.07) is 10.4. The molecule has 0 fully saturated rings. The second-order valence-electron chi connectivity index (χ2n) is 5.87. The van der Waals surface area contributed by atoms with Gasteiger partial charge in [0.2, 0.25) is 0 Å². The number of amides is 1. The zero-order chi connectivity index (χ0) is 19.4. The topological polar surface area (TPSA) is 63.2 Å². The van der Waals surface area contributed by atoms with Gasteiger partial charge in [-0.3, -0.25) is 9.78 Å². The highest BCUT2D eigenvalue weighted by atomic mass is 19.2. The maximum absolute atomic E-state index is 13.3. The van der Waals surface area contributed by atoms with E-state index in [2.05, 4.69) is 15.6 Å². The molecule has 138 valence electrons. The number of hydrogen-bond donors (Lipinski definition) is 2. The Balaban J connectivity index is 1.80. The van der Waals surface area contributed by atoms with Crippen molar-refractivity contribution in [1.29, 1.82) is 0 Å². The highest BCUT2D eigenvalue weighted by Gasteiger charge is 2.11. The highest BCUT2D eigenvalue weighted by molar-refractivity contribution is 6.04. The number of halogens is 2. The van der Waals surface area contributed by atoms with Gasteiger partial charge in [-0.2, -0.15) is 0 Å². The van der Waals surface area contributed by atoms with E-state index < -0.39 is 17.5 Å². The average Bonchev–Trinajstić information content (AvgIpc) is 2.65. The smallest absolute Gasteiger partial charge is 0.257 e. The van der Waals surface area contributed by atoms with Gasteiger partial charge >= 0.3 is 0 Å². The summed E-state index contributed by atoms with van der Waals surface area (Å²) in [5.74, 6) is -1.86. The van der Waals surface area contributed by atoms with Gasteiger partial charge in [-0.15, -0.1) is 0 Å². The van der Waals surface area contributed by atoms with Crippen LogP contribution in [0.5, 0.6) is 5.75 Å². The van der Waals surface area contributed by atoms with E-state index in [1.165, 1.54) is 12.3 Å². The van der Waals surface area contributed by atoms with Gasteiger partial charge in [0, 0.05) is 18.0 Å². The van der Waals surface area contributed by atoms with Crippen LogP contribution in [-0.2, 0) is 0 Å². The summed E-state index contributed by atoms with van der Waals surface area (Å²) in [5, 5.41) is 5.67. The number of nitrogens with one attached hydrogen (secondary N) is 2. The van der Waals surface area contributed by atoms with Crippen LogP contribution in [-0.4, -0.2) is 18.0 Å². The lowest BCUT2D eigenvalue weighted by Crippen LogP contribution is -2.13. The number of rotatable bonds is 5. The number of methoxy groups -OCH3 is 1. The summed E-state index contributed by atoms with van der Waals surface area (Å²) in [6.45, 7) is 1.95. The number of pyridine rings is 1. The van der Waals surface area contributed by atoms with E-state index >= 15 is 0 Å². The fourth-order valence-electron chi connectivity index (χ4n) is 2.48. The maximum Gasteiger partial charge on any atom is 0.257 e. The molecule has 3 aromatic rings. The molecule has 2 N–H and O–H groups in total. The van der Waals surface area contributed by atoms with Gasteiger partial charge in [0.25, 0.3) is 5.91 Å². The van der Waals surface area contributed by atoms with E-state index in [4.69, 9.17) is 4.74 Å². The standard InChI is InChI=1S/C20H17F2N3O2/c1-12-3-6-19(27-2)18(7-12)24-15-8-13(10-23-11-15)20(26)25-14-4-5-16(21)17(22)9-14/h3-11,24H,1-2H3,(H,25,26). The molecule has 3 rings (SSSR count). The number of benzene rings is 2. The van der Waals surface area contributed by atoms with Crippen molar-refractivity contribution in [3.63, 3.8) is 0 Å². The number of aryl methyl sites for hydroxylation is 1. The summed E-state index contributed by atoms with van der Waals surface area (Å²) in [7, 11) is 1.57. The van der Waals surface area contributed by atoms with Crippen molar-refractivity contribution in [2.24, 2.45) is 0 Å². The monoisotopic (exact) mass is 369 g/mol. The summed E-state index contributed by atoms with van der Waals surface area (Å²) in [4.78, 5) is 16.4. The van der Waals surface area contributed by atoms with E-state index in [0.717, 1.165) is 23.4 Å².